The second kappa shape index (κ2) is 12.8. The molecule has 1 atom stereocenters. The summed E-state index contributed by atoms with van der Waals surface area (Å²) in [5.74, 6) is -1.71. The van der Waals surface area contributed by atoms with Crippen molar-refractivity contribution in [1.82, 2.24) is 24.5 Å². The summed E-state index contributed by atoms with van der Waals surface area (Å²) >= 11 is 0. The van der Waals surface area contributed by atoms with Gasteiger partial charge in [0.2, 0.25) is 11.8 Å². The van der Waals surface area contributed by atoms with Crippen molar-refractivity contribution in [2.45, 2.75) is 44.3 Å². The van der Waals surface area contributed by atoms with Gasteiger partial charge in [-0.3, -0.25) is 14.5 Å². The average molecular weight is 556 g/mol. The Kier molecular flexibility index (Phi) is 9.94. The number of hydrogen-bond acceptors (Lipinski definition) is 6. The lowest BCUT2D eigenvalue weighted by Gasteiger charge is -2.62. The van der Waals surface area contributed by atoms with Crippen LogP contribution in [-0.2, 0) is 19.1 Å². The maximum atomic E-state index is 13.0. The van der Waals surface area contributed by atoms with Gasteiger partial charge in [-0.25, -0.2) is 9.78 Å². The number of amides is 2. The summed E-state index contributed by atoms with van der Waals surface area (Å²) in [6.07, 6.45) is 3.98. The molecule has 0 aliphatic heterocycles. The Morgan fingerprint density at radius 1 is 1.23 bits per heavy atom. The molecule has 10 nitrogen and oxygen atoms in total. The number of methoxy groups -OCH3 is 1. The molecule has 3 aliphatic carbocycles. The first kappa shape index (κ1) is 30.4. The van der Waals surface area contributed by atoms with Crippen LogP contribution >= 0.6 is 0 Å². The third-order valence-corrected chi connectivity index (χ3v) is 7.32. The molecule has 0 aromatic carbocycles. The van der Waals surface area contributed by atoms with Crippen LogP contribution in [0.4, 0.5) is 13.2 Å². The molecule has 3 saturated carbocycles. The third-order valence-electron chi connectivity index (χ3n) is 7.32. The maximum Gasteiger partial charge on any atom is 0.490 e. The summed E-state index contributed by atoms with van der Waals surface area (Å²) in [7, 11) is 5.45. The smallest absolute Gasteiger partial charge is 0.475 e. The molecule has 39 heavy (non-hydrogen) atoms. The van der Waals surface area contributed by atoms with Crippen LogP contribution in [0.5, 0.6) is 0 Å². The fourth-order valence-electron chi connectivity index (χ4n) is 5.16. The minimum absolute atomic E-state index is 0.0963. The molecule has 5 rings (SSSR count). The van der Waals surface area contributed by atoms with Crippen molar-refractivity contribution < 1.29 is 37.4 Å². The highest BCUT2D eigenvalue weighted by Gasteiger charge is 2.57. The van der Waals surface area contributed by atoms with E-state index >= 15 is 0 Å². The highest BCUT2D eigenvalue weighted by molar-refractivity contribution is 5.83. The molecule has 1 unspecified atom stereocenters. The van der Waals surface area contributed by atoms with E-state index in [-0.39, 0.29) is 11.8 Å². The number of fused-ring (bicyclic) bond motifs is 1. The molecule has 2 heterocycles. The fourth-order valence-corrected chi connectivity index (χ4v) is 5.16. The standard InChI is InChI=1S/C24H35N5O3.C2HF3O2/c1-27(21(30)16-24-13-18(14-24)15-24)9-6-10-28(2)22(23(31)25-8-12-32-3)19-17-29-11-5-4-7-20(29)26-19;3-2(4,5)1(6)7/h4-5,7,11,17-18,22H,6,8-10,12-16H2,1-3H3,(H,25,31);(H,6,7). The SMILES string of the molecule is COCCNC(=O)C(c1cn2ccccc2n1)N(C)CCCN(C)C(=O)CC12CC(C1)C2.O=C(O)C(F)(F)F. The molecule has 0 saturated heterocycles. The zero-order valence-corrected chi connectivity index (χ0v) is 22.4. The zero-order chi connectivity index (χ0) is 28.8. The van der Waals surface area contributed by atoms with Crippen LogP contribution in [0.25, 0.3) is 5.65 Å². The largest absolute Gasteiger partial charge is 0.490 e. The van der Waals surface area contributed by atoms with Crippen molar-refractivity contribution in [3.8, 4) is 0 Å². The predicted molar refractivity (Wildman–Crippen MR) is 136 cm³/mol. The molecule has 3 fully saturated rings. The number of aromatic nitrogens is 2. The van der Waals surface area contributed by atoms with E-state index in [0.29, 0.717) is 43.8 Å². The van der Waals surface area contributed by atoms with Gasteiger partial charge in [0.1, 0.15) is 11.7 Å². The maximum absolute atomic E-state index is 13.0. The fraction of sp³-hybridized carbons (Fsp3) is 0.615. The van der Waals surface area contributed by atoms with Crippen LogP contribution < -0.4 is 5.32 Å². The summed E-state index contributed by atoms with van der Waals surface area (Å²) in [5, 5.41) is 10.1. The molecular weight excluding hydrogens is 519 g/mol. The quantitative estimate of drug-likeness (QED) is 0.387. The number of imidazole rings is 1. The first-order chi connectivity index (χ1) is 18.3. The Morgan fingerprint density at radius 2 is 1.90 bits per heavy atom. The normalized spacial score (nSPS) is 20.3. The molecule has 2 amide bonds. The van der Waals surface area contributed by atoms with Crippen LogP contribution in [0, 0.1) is 11.3 Å². The minimum atomic E-state index is -5.08. The second-order valence-corrected chi connectivity index (χ2v) is 10.4. The lowest BCUT2D eigenvalue weighted by atomic mass is 9.43. The Labute approximate surface area is 225 Å². The van der Waals surface area contributed by atoms with Gasteiger partial charge in [-0.2, -0.15) is 13.2 Å². The first-order valence-electron chi connectivity index (χ1n) is 12.8. The molecule has 0 spiro atoms. The number of nitrogens with zero attached hydrogens (tertiary/aromatic N) is 4. The van der Waals surface area contributed by atoms with Crippen LogP contribution in [-0.4, -0.2) is 95.7 Å². The topological polar surface area (TPSA) is 116 Å². The molecule has 2 aromatic rings. The van der Waals surface area contributed by atoms with Gasteiger partial charge in [0, 0.05) is 52.6 Å². The minimum Gasteiger partial charge on any atom is -0.475 e. The molecule has 216 valence electrons. The number of halogens is 3. The predicted octanol–water partition coefficient (Wildman–Crippen LogP) is 2.74. The number of hydrogen-bond donors (Lipinski definition) is 2. The Hall–Kier alpha value is -3.19. The lowest BCUT2D eigenvalue weighted by Crippen LogP contribution is -2.53. The van der Waals surface area contributed by atoms with Crippen LogP contribution in [0.15, 0.2) is 30.6 Å². The highest BCUT2D eigenvalue weighted by Crippen LogP contribution is 2.66. The van der Waals surface area contributed by atoms with E-state index < -0.39 is 18.2 Å². The van der Waals surface area contributed by atoms with E-state index in [4.69, 9.17) is 14.6 Å². The molecule has 2 N–H and O–H groups in total. The lowest BCUT2D eigenvalue weighted by molar-refractivity contribution is -0.192. The summed E-state index contributed by atoms with van der Waals surface area (Å²) in [6, 6.07) is 5.29. The number of likely N-dealkylation sites (N-methyl/N-ethyl adjacent to an activating group) is 1. The number of rotatable bonds is 12. The molecule has 13 heteroatoms. The Balaban J connectivity index is 0.000000532. The van der Waals surface area contributed by atoms with Crippen LogP contribution in [0.3, 0.4) is 0 Å². The highest BCUT2D eigenvalue weighted by atomic mass is 19.4. The van der Waals surface area contributed by atoms with Crippen molar-refractivity contribution in [2.24, 2.45) is 11.3 Å². The van der Waals surface area contributed by atoms with Crippen LogP contribution in [0.1, 0.15) is 43.8 Å². The van der Waals surface area contributed by atoms with Gasteiger partial charge in [0.05, 0.1) is 12.3 Å². The summed E-state index contributed by atoms with van der Waals surface area (Å²) in [6.45, 7) is 2.28. The number of alkyl halides is 3. The van der Waals surface area contributed by atoms with E-state index in [9.17, 15) is 22.8 Å². The van der Waals surface area contributed by atoms with E-state index in [1.165, 1.54) is 19.3 Å². The van der Waals surface area contributed by atoms with Gasteiger partial charge in [-0.1, -0.05) is 6.07 Å². The number of carbonyl (C=O) groups is 3. The van der Waals surface area contributed by atoms with E-state index in [0.717, 1.165) is 18.0 Å². The van der Waals surface area contributed by atoms with Gasteiger partial charge in [-0.05, 0) is 56.2 Å². The number of carbonyl (C=O) groups excluding carboxylic acids is 2. The number of aliphatic carboxylic acids is 1. The molecule has 2 bridgehead atoms. The molecular formula is C26H36F3N5O5. The average Bonchev–Trinajstić information content (AvgIpc) is 3.24. The monoisotopic (exact) mass is 555 g/mol. The van der Waals surface area contributed by atoms with Gasteiger partial charge in [-0.15, -0.1) is 0 Å². The van der Waals surface area contributed by atoms with Crippen molar-refractivity contribution in [2.75, 3.05) is 47.4 Å². The van der Waals surface area contributed by atoms with Crippen molar-refractivity contribution in [3.05, 3.63) is 36.3 Å². The zero-order valence-electron chi connectivity index (χ0n) is 22.4. The first-order valence-corrected chi connectivity index (χ1v) is 12.8. The Bertz CT molecular complexity index is 1100. The molecule has 0 radical (unpaired) electrons. The summed E-state index contributed by atoms with van der Waals surface area (Å²) < 4.78 is 38.7. The summed E-state index contributed by atoms with van der Waals surface area (Å²) in [5.41, 5.74) is 1.85. The van der Waals surface area contributed by atoms with Crippen LogP contribution in [0.2, 0.25) is 0 Å². The number of pyridine rings is 1. The number of carboxylic acids is 1. The number of nitrogens with one attached hydrogen (secondary N) is 1. The second-order valence-electron chi connectivity index (χ2n) is 10.4. The summed E-state index contributed by atoms with van der Waals surface area (Å²) in [4.78, 5) is 43.1. The van der Waals surface area contributed by atoms with Gasteiger partial charge < -0.3 is 24.5 Å². The Morgan fingerprint density at radius 3 is 2.44 bits per heavy atom. The van der Waals surface area contributed by atoms with E-state index in [1.54, 1.807) is 7.11 Å². The van der Waals surface area contributed by atoms with Crippen molar-refractivity contribution >= 4 is 23.4 Å². The van der Waals surface area contributed by atoms with Gasteiger partial charge >= 0.3 is 12.1 Å². The van der Waals surface area contributed by atoms with E-state index in [2.05, 4.69) is 10.3 Å². The van der Waals surface area contributed by atoms with Crippen molar-refractivity contribution in [1.29, 1.82) is 0 Å². The van der Waals surface area contributed by atoms with Gasteiger partial charge in [0.25, 0.3) is 0 Å². The van der Waals surface area contributed by atoms with Gasteiger partial charge in [0.15, 0.2) is 0 Å². The van der Waals surface area contributed by atoms with E-state index in [1.807, 2.05) is 58.9 Å². The van der Waals surface area contributed by atoms with Crippen molar-refractivity contribution in [3.63, 3.8) is 0 Å². The molecule has 2 aromatic heterocycles. The number of carboxylic acid groups (broad SMARTS) is 1. The third kappa shape index (κ3) is 7.91. The number of ether oxygens (including phenoxy) is 1. The molecule has 3 aliphatic rings.